The van der Waals surface area contributed by atoms with E-state index in [1.165, 1.54) is 12.1 Å². The molecule has 0 amide bonds. The monoisotopic (exact) mass is 566 g/mol. The zero-order chi connectivity index (χ0) is 29.5. The molecule has 1 N–H and O–H groups in total. The summed E-state index contributed by atoms with van der Waals surface area (Å²) in [4.78, 5) is 22.7. The third-order valence-corrected chi connectivity index (χ3v) is 7.49. The van der Waals surface area contributed by atoms with Crippen LogP contribution in [-0.4, -0.2) is 38.5 Å². The summed E-state index contributed by atoms with van der Waals surface area (Å²) in [5.74, 6) is -1.22. The first-order valence-corrected chi connectivity index (χ1v) is 13.8. The van der Waals surface area contributed by atoms with Gasteiger partial charge in [-0.25, -0.2) is 9.37 Å². The molecule has 1 aliphatic heterocycles. The zero-order valence-electron chi connectivity index (χ0n) is 23.3. The van der Waals surface area contributed by atoms with Gasteiger partial charge in [0.25, 0.3) is 0 Å². The maximum Gasteiger partial charge on any atom is 0.320 e. The smallest absolute Gasteiger partial charge is 0.320 e. The maximum absolute atomic E-state index is 13.8. The second kappa shape index (κ2) is 13.2. The number of piperidine rings is 1. The highest BCUT2D eigenvalue weighted by Gasteiger charge is 2.29. The third-order valence-electron chi connectivity index (χ3n) is 7.49. The summed E-state index contributed by atoms with van der Waals surface area (Å²) in [6, 6.07) is 21.7. The van der Waals surface area contributed by atoms with E-state index in [1.54, 1.807) is 12.3 Å². The van der Waals surface area contributed by atoms with Gasteiger partial charge in [0, 0.05) is 18.3 Å². The quantitative estimate of drug-likeness (QED) is 0.247. The molecule has 1 aromatic heterocycles. The maximum atomic E-state index is 13.8. The SMILES string of the molecule is Cc1c(COc2ncc(CN3CCCCC3C(=O)O)c(OCc3ccc(F)c(C#N)c3)n2)cccc1-c1ccccc1. The first kappa shape index (κ1) is 28.7. The Balaban J connectivity index is 1.38. The van der Waals surface area contributed by atoms with Gasteiger partial charge in [-0.05, 0) is 66.3 Å². The Bertz CT molecular complexity index is 1610. The summed E-state index contributed by atoms with van der Waals surface area (Å²) < 4.78 is 25.9. The number of carbonyl (C=O) groups is 1. The van der Waals surface area contributed by atoms with Crippen molar-refractivity contribution in [2.45, 2.75) is 52.0 Å². The van der Waals surface area contributed by atoms with Gasteiger partial charge in [0.1, 0.15) is 31.1 Å². The average molecular weight is 567 g/mol. The molecular formula is C33H31FN4O4. The Hall–Kier alpha value is -4.81. The number of carboxylic acids is 1. The Kier molecular flexibility index (Phi) is 9.05. The van der Waals surface area contributed by atoms with Crippen molar-refractivity contribution in [1.29, 1.82) is 5.26 Å². The molecule has 4 aromatic rings. The van der Waals surface area contributed by atoms with Gasteiger partial charge in [-0.1, -0.05) is 61.0 Å². The van der Waals surface area contributed by atoms with E-state index in [4.69, 9.17) is 9.47 Å². The van der Waals surface area contributed by atoms with Crippen molar-refractivity contribution in [2.75, 3.05) is 6.54 Å². The summed E-state index contributed by atoms with van der Waals surface area (Å²) in [6.07, 6.45) is 3.93. The van der Waals surface area contributed by atoms with E-state index in [2.05, 4.69) is 35.1 Å². The number of likely N-dealkylation sites (tertiary alicyclic amines) is 1. The number of aromatic nitrogens is 2. The molecule has 1 fully saturated rings. The number of carboxylic acid groups (broad SMARTS) is 1. The third kappa shape index (κ3) is 6.73. The molecule has 5 rings (SSSR count). The van der Waals surface area contributed by atoms with E-state index in [0.29, 0.717) is 24.1 Å². The lowest BCUT2D eigenvalue weighted by atomic mass is 9.97. The van der Waals surface area contributed by atoms with Gasteiger partial charge in [-0.3, -0.25) is 9.69 Å². The van der Waals surface area contributed by atoms with Gasteiger partial charge < -0.3 is 14.6 Å². The predicted octanol–water partition coefficient (Wildman–Crippen LogP) is 6.06. The molecular weight excluding hydrogens is 535 g/mol. The van der Waals surface area contributed by atoms with E-state index >= 15 is 0 Å². The van der Waals surface area contributed by atoms with Crippen LogP contribution in [0.15, 0.2) is 72.9 Å². The molecule has 0 bridgehead atoms. The molecule has 0 aliphatic carbocycles. The van der Waals surface area contributed by atoms with E-state index in [0.717, 1.165) is 35.1 Å². The van der Waals surface area contributed by atoms with Gasteiger partial charge in [0.2, 0.25) is 5.88 Å². The van der Waals surface area contributed by atoms with Crippen LogP contribution in [0.4, 0.5) is 4.39 Å². The van der Waals surface area contributed by atoms with Crippen LogP contribution < -0.4 is 9.47 Å². The van der Waals surface area contributed by atoms with Crippen LogP contribution >= 0.6 is 0 Å². The van der Waals surface area contributed by atoms with E-state index < -0.39 is 17.8 Å². The molecule has 0 radical (unpaired) electrons. The lowest BCUT2D eigenvalue weighted by Gasteiger charge is -2.32. The van der Waals surface area contributed by atoms with Crippen molar-refractivity contribution >= 4 is 5.97 Å². The molecule has 3 aromatic carbocycles. The Morgan fingerprint density at radius 1 is 1.07 bits per heavy atom. The van der Waals surface area contributed by atoms with Crippen LogP contribution in [0.3, 0.4) is 0 Å². The Morgan fingerprint density at radius 3 is 2.69 bits per heavy atom. The summed E-state index contributed by atoms with van der Waals surface area (Å²) in [7, 11) is 0. The van der Waals surface area contributed by atoms with Crippen LogP contribution in [0.5, 0.6) is 11.9 Å². The highest BCUT2D eigenvalue weighted by Crippen LogP contribution is 2.28. The van der Waals surface area contributed by atoms with Crippen molar-refractivity contribution < 1.29 is 23.8 Å². The average Bonchev–Trinajstić information content (AvgIpc) is 3.01. The molecule has 8 nitrogen and oxygen atoms in total. The van der Waals surface area contributed by atoms with Crippen molar-refractivity contribution in [3.63, 3.8) is 0 Å². The summed E-state index contributed by atoms with van der Waals surface area (Å²) in [6.45, 7) is 3.24. The molecule has 1 aliphatic rings. The molecule has 1 atom stereocenters. The van der Waals surface area contributed by atoms with Crippen molar-refractivity contribution in [1.82, 2.24) is 14.9 Å². The first-order valence-electron chi connectivity index (χ1n) is 13.8. The highest BCUT2D eigenvalue weighted by molar-refractivity contribution is 5.73. The summed E-state index contributed by atoms with van der Waals surface area (Å²) in [5, 5.41) is 18.9. The van der Waals surface area contributed by atoms with E-state index in [9.17, 15) is 19.6 Å². The van der Waals surface area contributed by atoms with Crippen molar-refractivity contribution in [2.24, 2.45) is 0 Å². The van der Waals surface area contributed by atoms with E-state index in [1.807, 2.05) is 41.3 Å². The number of hydrogen-bond donors (Lipinski definition) is 1. The topological polar surface area (TPSA) is 109 Å². The normalized spacial score (nSPS) is 15.1. The molecule has 2 heterocycles. The number of halogens is 1. The molecule has 0 spiro atoms. The molecule has 1 unspecified atom stereocenters. The predicted molar refractivity (Wildman–Crippen MR) is 154 cm³/mol. The Morgan fingerprint density at radius 2 is 1.90 bits per heavy atom. The fraction of sp³-hybridized carbons (Fsp3) is 0.273. The molecule has 214 valence electrons. The van der Waals surface area contributed by atoms with Crippen LogP contribution in [-0.2, 0) is 24.6 Å². The second-order valence-electron chi connectivity index (χ2n) is 10.3. The molecule has 42 heavy (non-hydrogen) atoms. The van der Waals surface area contributed by atoms with E-state index in [-0.39, 0.29) is 37.2 Å². The highest BCUT2D eigenvalue weighted by atomic mass is 19.1. The number of aliphatic carboxylic acids is 1. The van der Waals surface area contributed by atoms with Gasteiger partial charge in [0.05, 0.1) is 5.56 Å². The summed E-state index contributed by atoms with van der Waals surface area (Å²) in [5.41, 5.74) is 5.43. The molecule has 0 saturated carbocycles. The molecule has 1 saturated heterocycles. The number of nitrogens with zero attached hydrogens (tertiary/aromatic N) is 4. The van der Waals surface area contributed by atoms with Crippen LogP contribution in [0.25, 0.3) is 11.1 Å². The molecule has 9 heteroatoms. The van der Waals surface area contributed by atoms with Crippen molar-refractivity contribution in [3.8, 4) is 29.1 Å². The minimum Gasteiger partial charge on any atom is -0.480 e. The lowest BCUT2D eigenvalue weighted by Crippen LogP contribution is -2.44. The number of rotatable bonds is 10. The van der Waals surface area contributed by atoms with Crippen LogP contribution in [0, 0.1) is 24.1 Å². The van der Waals surface area contributed by atoms with Gasteiger partial charge in [-0.2, -0.15) is 10.2 Å². The number of nitriles is 1. The Labute approximate surface area is 244 Å². The van der Waals surface area contributed by atoms with Crippen LogP contribution in [0.2, 0.25) is 0 Å². The standard InChI is InChI=1S/C33H31FN4O4/c1-22-25(10-7-11-28(22)24-8-3-2-4-9-24)21-42-33-36-18-27(19-38-15-6-5-12-30(38)32(39)40)31(37-33)41-20-23-13-14-29(34)26(16-23)17-35/h2-4,7-11,13-14,16,18,30H,5-6,12,15,19-21H2,1H3,(H,39,40). The number of hydrogen-bond acceptors (Lipinski definition) is 7. The van der Waals surface area contributed by atoms with Crippen molar-refractivity contribution in [3.05, 3.63) is 107 Å². The fourth-order valence-electron chi connectivity index (χ4n) is 5.17. The fourth-order valence-corrected chi connectivity index (χ4v) is 5.17. The minimum absolute atomic E-state index is 0.0268. The number of benzene rings is 3. The minimum atomic E-state index is -0.860. The zero-order valence-corrected chi connectivity index (χ0v) is 23.3. The lowest BCUT2D eigenvalue weighted by molar-refractivity contribution is -0.144. The largest absolute Gasteiger partial charge is 0.480 e. The van der Waals surface area contributed by atoms with Gasteiger partial charge >= 0.3 is 12.0 Å². The van der Waals surface area contributed by atoms with Gasteiger partial charge in [-0.15, -0.1) is 0 Å². The first-order chi connectivity index (χ1) is 20.4. The number of ether oxygens (including phenoxy) is 2. The van der Waals surface area contributed by atoms with Gasteiger partial charge in [0.15, 0.2) is 0 Å². The summed E-state index contributed by atoms with van der Waals surface area (Å²) >= 11 is 0. The second-order valence-corrected chi connectivity index (χ2v) is 10.3. The van der Waals surface area contributed by atoms with Crippen LogP contribution in [0.1, 0.15) is 47.1 Å².